The SMILES string of the molecule is CCC(C)(OC)C(N)c1cc(C)c(OC)cc1C. The van der Waals surface area contributed by atoms with E-state index in [1.54, 1.807) is 14.2 Å². The lowest BCUT2D eigenvalue weighted by molar-refractivity contribution is -0.0196. The van der Waals surface area contributed by atoms with Crippen LogP contribution in [0.3, 0.4) is 0 Å². The van der Waals surface area contributed by atoms with Crippen LogP contribution in [0, 0.1) is 13.8 Å². The number of methoxy groups -OCH3 is 2. The summed E-state index contributed by atoms with van der Waals surface area (Å²) in [4.78, 5) is 0. The highest BCUT2D eigenvalue weighted by molar-refractivity contribution is 5.43. The van der Waals surface area contributed by atoms with E-state index in [1.165, 1.54) is 0 Å². The second-order valence-electron chi connectivity index (χ2n) is 5.03. The van der Waals surface area contributed by atoms with Gasteiger partial charge in [-0.2, -0.15) is 0 Å². The lowest BCUT2D eigenvalue weighted by Gasteiger charge is -2.34. The molecule has 2 atom stereocenters. The van der Waals surface area contributed by atoms with Crippen LogP contribution in [-0.2, 0) is 4.74 Å². The van der Waals surface area contributed by atoms with Gasteiger partial charge in [-0.15, -0.1) is 0 Å². The van der Waals surface area contributed by atoms with Gasteiger partial charge in [-0.1, -0.05) is 13.0 Å². The third kappa shape index (κ3) is 2.68. The van der Waals surface area contributed by atoms with E-state index in [9.17, 15) is 0 Å². The van der Waals surface area contributed by atoms with Gasteiger partial charge in [0.25, 0.3) is 0 Å². The molecule has 2 N–H and O–H groups in total. The van der Waals surface area contributed by atoms with Crippen molar-refractivity contribution in [2.45, 2.75) is 45.8 Å². The van der Waals surface area contributed by atoms with Gasteiger partial charge in [0.2, 0.25) is 0 Å². The number of benzene rings is 1. The van der Waals surface area contributed by atoms with Gasteiger partial charge in [-0.3, -0.25) is 0 Å². The molecule has 0 aliphatic carbocycles. The average molecular weight is 251 g/mol. The van der Waals surface area contributed by atoms with E-state index in [-0.39, 0.29) is 11.6 Å². The molecular formula is C15H25NO2. The molecule has 1 aromatic rings. The van der Waals surface area contributed by atoms with E-state index in [0.717, 1.165) is 28.9 Å². The molecule has 0 fully saturated rings. The van der Waals surface area contributed by atoms with Crippen molar-refractivity contribution in [3.8, 4) is 5.75 Å². The predicted molar refractivity (Wildman–Crippen MR) is 75.1 cm³/mol. The molecule has 3 nitrogen and oxygen atoms in total. The van der Waals surface area contributed by atoms with E-state index in [2.05, 4.69) is 26.8 Å². The summed E-state index contributed by atoms with van der Waals surface area (Å²) in [6.07, 6.45) is 0.870. The van der Waals surface area contributed by atoms with E-state index >= 15 is 0 Å². The van der Waals surface area contributed by atoms with E-state index in [0.29, 0.717) is 0 Å². The molecule has 0 aliphatic heterocycles. The molecule has 2 unspecified atom stereocenters. The molecule has 18 heavy (non-hydrogen) atoms. The molecule has 0 aliphatic rings. The Bertz CT molecular complexity index is 411. The van der Waals surface area contributed by atoms with E-state index < -0.39 is 0 Å². The molecule has 1 aromatic carbocycles. The van der Waals surface area contributed by atoms with Gasteiger partial charge in [0, 0.05) is 7.11 Å². The highest BCUT2D eigenvalue weighted by Crippen LogP contribution is 2.34. The maximum atomic E-state index is 6.39. The Kier molecular flexibility index (Phi) is 4.77. The zero-order valence-electron chi connectivity index (χ0n) is 12.3. The Balaban J connectivity index is 3.21. The van der Waals surface area contributed by atoms with Crippen LogP contribution in [0.4, 0.5) is 0 Å². The molecule has 0 radical (unpaired) electrons. The van der Waals surface area contributed by atoms with Crippen molar-refractivity contribution in [3.63, 3.8) is 0 Å². The van der Waals surface area contributed by atoms with Gasteiger partial charge >= 0.3 is 0 Å². The minimum absolute atomic E-state index is 0.142. The molecule has 0 saturated carbocycles. The van der Waals surface area contributed by atoms with Gasteiger partial charge in [-0.25, -0.2) is 0 Å². The minimum atomic E-state index is -0.341. The molecule has 0 spiro atoms. The summed E-state index contributed by atoms with van der Waals surface area (Å²) in [7, 11) is 3.40. The molecule has 1 rings (SSSR count). The Morgan fingerprint density at radius 2 is 1.83 bits per heavy atom. The molecule has 0 bridgehead atoms. The fourth-order valence-corrected chi connectivity index (χ4v) is 2.19. The Labute approximate surface area is 110 Å². The first-order chi connectivity index (χ1) is 8.39. The fourth-order valence-electron chi connectivity index (χ4n) is 2.19. The summed E-state index contributed by atoms with van der Waals surface area (Å²) in [5, 5.41) is 0. The largest absolute Gasteiger partial charge is 0.496 e. The fraction of sp³-hybridized carbons (Fsp3) is 0.600. The second-order valence-corrected chi connectivity index (χ2v) is 5.03. The monoisotopic (exact) mass is 251 g/mol. The van der Waals surface area contributed by atoms with Crippen LogP contribution in [-0.4, -0.2) is 19.8 Å². The van der Waals surface area contributed by atoms with Crippen molar-refractivity contribution in [1.82, 2.24) is 0 Å². The number of ether oxygens (including phenoxy) is 2. The summed E-state index contributed by atoms with van der Waals surface area (Å²) in [6, 6.07) is 4.00. The van der Waals surface area contributed by atoms with Gasteiger partial charge in [0.05, 0.1) is 18.8 Å². The third-order valence-electron chi connectivity index (χ3n) is 3.94. The Morgan fingerprint density at radius 1 is 1.22 bits per heavy atom. The van der Waals surface area contributed by atoms with Crippen molar-refractivity contribution in [2.75, 3.05) is 14.2 Å². The second kappa shape index (κ2) is 5.72. The summed E-state index contributed by atoms with van der Waals surface area (Å²) in [5.74, 6) is 0.902. The Morgan fingerprint density at radius 3 is 2.28 bits per heavy atom. The Hall–Kier alpha value is -1.06. The maximum Gasteiger partial charge on any atom is 0.122 e. The van der Waals surface area contributed by atoms with Gasteiger partial charge in [0.1, 0.15) is 5.75 Å². The predicted octanol–water partition coefficient (Wildman–Crippen LogP) is 3.13. The number of rotatable bonds is 5. The third-order valence-corrected chi connectivity index (χ3v) is 3.94. The number of nitrogens with two attached hydrogens (primary N) is 1. The van der Waals surface area contributed by atoms with Crippen LogP contribution in [0.2, 0.25) is 0 Å². The molecule has 0 heterocycles. The summed E-state index contributed by atoms with van der Waals surface area (Å²) in [5.41, 5.74) is 9.41. The van der Waals surface area contributed by atoms with Crippen LogP contribution in [0.25, 0.3) is 0 Å². The summed E-state index contributed by atoms with van der Waals surface area (Å²) in [6.45, 7) is 8.24. The first kappa shape index (κ1) is 15.0. The quantitative estimate of drug-likeness (QED) is 0.874. The number of hydrogen-bond donors (Lipinski definition) is 1. The molecule has 0 aromatic heterocycles. The van der Waals surface area contributed by atoms with Crippen molar-refractivity contribution in [3.05, 3.63) is 28.8 Å². The molecule has 3 heteroatoms. The van der Waals surface area contributed by atoms with Crippen molar-refractivity contribution >= 4 is 0 Å². The van der Waals surface area contributed by atoms with Gasteiger partial charge in [-0.05, 0) is 49.9 Å². The first-order valence-corrected chi connectivity index (χ1v) is 6.35. The van der Waals surface area contributed by atoms with Crippen molar-refractivity contribution in [2.24, 2.45) is 5.73 Å². The van der Waals surface area contributed by atoms with Crippen LogP contribution < -0.4 is 10.5 Å². The summed E-state index contributed by atoms with van der Waals surface area (Å²) >= 11 is 0. The standard InChI is InChI=1S/C15H25NO2/c1-7-15(4,18-6)14(16)12-8-11(3)13(17-5)9-10(12)2/h8-9,14H,7,16H2,1-6H3. The highest BCUT2D eigenvalue weighted by atomic mass is 16.5. The lowest BCUT2D eigenvalue weighted by atomic mass is 9.85. The first-order valence-electron chi connectivity index (χ1n) is 6.35. The normalized spacial score (nSPS) is 16.2. The van der Waals surface area contributed by atoms with Crippen molar-refractivity contribution < 1.29 is 9.47 Å². The van der Waals surface area contributed by atoms with Crippen molar-refractivity contribution in [1.29, 1.82) is 0 Å². The lowest BCUT2D eigenvalue weighted by Crippen LogP contribution is -2.40. The average Bonchev–Trinajstić information content (AvgIpc) is 2.39. The highest BCUT2D eigenvalue weighted by Gasteiger charge is 2.32. The van der Waals surface area contributed by atoms with Crippen LogP contribution in [0.1, 0.15) is 43.0 Å². The van der Waals surface area contributed by atoms with Crippen LogP contribution in [0.15, 0.2) is 12.1 Å². The molecule has 0 saturated heterocycles. The molecule has 102 valence electrons. The number of aryl methyl sites for hydroxylation is 2. The number of hydrogen-bond acceptors (Lipinski definition) is 3. The smallest absolute Gasteiger partial charge is 0.122 e. The molecule has 0 amide bonds. The van der Waals surface area contributed by atoms with E-state index in [1.807, 2.05) is 13.0 Å². The molecular weight excluding hydrogens is 226 g/mol. The topological polar surface area (TPSA) is 44.5 Å². The van der Waals surface area contributed by atoms with Gasteiger partial charge < -0.3 is 15.2 Å². The summed E-state index contributed by atoms with van der Waals surface area (Å²) < 4.78 is 10.9. The zero-order chi connectivity index (χ0) is 13.9. The minimum Gasteiger partial charge on any atom is -0.496 e. The van der Waals surface area contributed by atoms with Crippen LogP contribution in [0.5, 0.6) is 5.75 Å². The van der Waals surface area contributed by atoms with Gasteiger partial charge in [0.15, 0.2) is 0 Å². The van der Waals surface area contributed by atoms with Crippen LogP contribution >= 0.6 is 0 Å². The van der Waals surface area contributed by atoms with E-state index in [4.69, 9.17) is 15.2 Å². The maximum absolute atomic E-state index is 6.39. The zero-order valence-corrected chi connectivity index (χ0v) is 12.3.